The van der Waals surface area contributed by atoms with E-state index in [1.165, 1.54) is 0 Å². The van der Waals surface area contributed by atoms with Crippen molar-refractivity contribution in [3.8, 4) is 5.88 Å². The molecule has 0 fully saturated rings. The molecule has 1 aromatic rings. The van der Waals surface area contributed by atoms with Crippen LogP contribution < -0.4 is 15.4 Å². The van der Waals surface area contributed by atoms with Gasteiger partial charge in [0.05, 0.1) is 12.3 Å². The van der Waals surface area contributed by atoms with E-state index in [0.29, 0.717) is 18.2 Å². The minimum Gasteiger partial charge on any atom is -0.476 e. The van der Waals surface area contributed by atoms with Crippen molar-refractivity contribution >= 4 is 11.5 Å². The van der Waals surface area contributed by atoms with E-state index in [2.05, 4.69) is 30.7 Å². The van der Waals surface area contributed by atoms with Crippen LogP contribution in [0.1, 0.15) is 27.2 Å². The molecule has 0 saturated carbocycles. The predicted molar refractivity (Wildman–Crippen MR) is 68.0 cm³/mol. The first-order chi connectivity index (χ1) is 7.72. The highest BCUT2D eigenvalue weighted by atomic mass is 16.5. The third kappa shape index (κ3) is 3.02. The minimum atomic E-state index is 0.547. The fraction of sp³-hybridized carbons (Fsp3) is 0.583. The number of anilines is 2. The summed E-state index contributed by atoms with van der Waals surface area (Å²) in [6, 6.07) is 3.78. The Labute approximate surface area is 97.4 Å². The van der Waals surface area contributed by atoms with Crippen LogP contribution in [0.15, 0.2) is 12.1 Å². The molecule has 0 aliphatic heterocycles. The van der Waals surface area contributed by atoms with Crippen LogP contribution in [0.2, 0.25) is 0 Å². The molecular weight excluding hydrogens is 202 g/mol. The largest absolute Gasteiger partial charge is 0.476 e. The summed E-state index contributed by atoms with van der Waals surface area (Å²) in [4.78, 5) is 6.60. The molecule has 2 N–H and O–H groups in total. The predicted octanol–water partition coefficient (Wildman–Crippen LogP) is 2.30. The lowest BCUT2D eigenvalue weighted by Gasteiger charge is -2.20. The van der Waals surface area contributed by atoms with Gasteiger partial charge in [-0.2, -0.15) is 4.98 Å². The third-order valence-electron chi connectivity index (χ3n) is 2.41. The Morgan fingerprint density at radius 3 is 2.50 bits per heavy atom. The summed E-state index contributed by atoms with van der Waals surface area (Å²) < 4.78 is 5.50. The lowest BCUT2D eigenvalue weighted by molar-refractivity contribution is 0.307. The zero-order chi connectivity index (χ0) is 12.0. The maximum absolute atomic E-state index is 5.81. The molecular formula is C12H21N3O. The molecule has 4 heteroatoms. The Kier molecular flexibility index (Phi) is 4.89. The van der Waals surface area contributed by atoms with Crippen LogP contribution in [0, 0.1) is 0 Å². The quantitative estimate of drug-likeness (QED) is 0.804. The van der Waals surface area contributed by atoms with Gasteiger partial charge in [-0.05, 0) is 32.4 Å². The summed E-state index contributed by atoms with van der Waals surface area (Å²) >= 11 is 0. The molecule has 0 atom stereocenters. The summed E-state index contributed by atoms with van der Waals surface area (Å²) in [7, 11) is 0. The van der Waals surface area contributed by atoms with Gasteiger partial charge in [0.25, 0.3) is 0 Å². The second kappa shape index (κ2) is 6.20. The van der Waals surface area contributed by atoms with Gasteiger partial charge in [0.2, 0.25) is 5.88 Å². The number of rotatable bonds is 6. The Morgan fingerprint density at radius 2 is 1.94 bits per heavy atom. The van der Waals surface area contributed by atoms with E-state index in [9.17, 15) is 0 Å². The second-order valence-corrected chi connectivity index (χ2v) is 3.58. The standard InChI is InChI=1S/C12H21N3O/c1-4-9-16-12-10(13)7-8-11(14-12)15(5-2)6-3/h7-8H,4-6,9,13H2,1-3H3. The van der Waals surface area contributed by atoms with Gasteiger partial charge in [-0.15, -0.1) is 0 Å². The molecule has 16 heavy (non-hydrogen) atoms. The molecule has 0 radical (unpaired) electrons. The van der Waals surface area contributed by atoms with Crippen LogP contribution in [0.5, 0.6) is 5.88 Å². The molecule has 1 heterocycles. The molecule has 1 aromatic heterocycles. The van der Waals surface area contributed by atoms with E-state index in [1.807, 2.05) is 12.1 Å². The van der Waals surface area contributed by atoms with Crippen LogP contribution in [0.4, 0.5) is 11.5 Å². The van der Waals surface area contributed by atoms with E-state index in [1.54, 1.807) is 0 Å². The summed E-state index contributed by atoms with van der Waals surface area (Å²) in [5.74, 6) is 1.47. The average molecular weight is 223 g/mol. The number of aromatic nitrogens is 1. The monoisotopic (exact) mass is 223 g/mol. The average Bonchev–Trinajstić information content (AvgIpc) is 2.31. The lowest BCUT2D eigenvalue weighted by atomic mass is 10.3. The lowest BCUT2D eigenvalue weighted by Crippen LogP contribution is -2.23. The molecule has 0 unspecified atom stereocenters. The molecule has 0 aliphatic carbocycles. The third-order valence-corrected chi connectivity index (χ3v) is 2.41. The second-order valence-electron chi connectivity index (χ2n) is 3.58. The number of nitrogen functional groups attached to an aromatic ring is 1. The number of nitrogens with two attached hydrogens (primary N) is 1. The van der Waals surface area contributed by atoms with Gasteiger partial charge in [-0.3, -0.25) is 0 Å². The normalized spacial score (nSPS) is 10.2. The van der Waals surface area contributed by atoms with Crippen molar-refractivity contribution in [2.45, 2.75) is 27.2 Å². The molecule has 0 aromatic carbocycles. The summed E-state index contributed by atoms with van der Waals surface area (Å²) in [5, 5.41) is 0. The van der Waals surface area contributed by atoms with Crippen molar-refractivity contribution < 1.29 is 4.74 Å². The van der Waals surface area contributed by atoms with Gasteiger partial charge in [0, 0.05) is 13.1 Å². The van der Waals surface area contributed by atoms with E-state index in [0.717, 1.165) is 25.3 Å². The van der Waals surface area contributed by atoms with E-state index < -0.39 is 0 Å². The molecule has 1 rings (SSSR count). The number of nitrogens with zero attached hydrogens (tertiary/aromatic N) is 2. The van der Waals surface area contributed by atoms with Crippen LogP contribution in [-0.2, 0) is 0 Å². The Bertz CT molecular complexity index is 324. The summed E-state index contributed by atoms with van der Waals surface area (Å²) in [5.41, 5.74) is 6.41. The fourth-order valence-corrected chi connectivity index (χ4v) is 1.48. The summed E-state index contributed by atoms with van der Waals surface area (Å²) in [6.45, 7) is 8.78. The summed E-state index contributed by atoms with van der Waals surface area (Å²) in [6.07, 6.45) is 0.955. The zero-order valence-electron chi connectivity index (χ0n) is 10.4. The van der Waals surface area contributed by atoms with Crippen molar-refractivity contribution in [3.05, 3.63) is 12.1 Å². The highest BCUT2D eigenvalue weighted by Gasteiger charge is 2.08. The number of ether oxygens (including phenoxy) is 1. The Morgan fingerprint density at radius 1 is 1.25 bits per heavy atom. The van der Waals surface area contributed by atoms with E-state index >= 15 is 0 Å². The maximum atomic E-state index is 5.81. The van der Waals surface area contributed by atoms with Crippen LogP contribution in [-0.4, -0.2) is 24.7 Å². The fourth-order valence-electron chi connectivity index (χ4n) is 1.48. The molecule has 0 aliphatic rings. The Hall–Kier alpha value is -1.45. The molecule has 0 spiro atoms. The SMILES string of the molecule is CCCOc1nc(N(CC)CC)ccc1N. The first kappa shape index (κ1) is 12.6. The maximum Gasteiger partial charge on any atom is 0.239 e. The van der Waals surface area contributed by atoms with Gasteiger partial charge in [0.1, 0.15) is 5.82 Å². The first-order valence-corrected chi connectivity index (χ1v) is 5.87. The number of pyridine rings is 1. The zero-order valence-corrected chi connectivity index (χ0v) is 10.4. The topological polar surface area (TPSA) is 51.4 Å². The Balaban J connectivity index is 2.87. The highest BCUT2D eigenvalue weighted by Crippen LogP contribution is 2.23. The molecule has 90 valence electrons. The van der Waals surface area contributed by atoms with Crippen molar-refractivity contribution in [2.75, 3.05) is 30.3 Å². The van der Waals surface area contributed by atoms with Gasteiger partial charge in [-0.1, -0.05) is 6.92 Å². The van der Waals surface area contributed by atoms with E-state index in [4.69, 9.17) is 10.5 Å². The van der Waals surface area contributed by atoms with E-state index in [-0.39, 0.29) is 0 Å². The van der Waals surface area contributed by atoms with Gasteiger partial charge in [-0.25, -0.2) is 0 Å². The molecule has 4 nitrogen and oxygen atoms in total. The van der Waals surface area contributed by atoms with Crippen molar-refractivity contribution in [3.63, 3.8) is 0 Å². The van der Waals surface area contributed by atoms with Crippen molar-refractivity contribution in [2.24, 2.45) is 0 Å². The van der Waals surface area contributed by atoms with Crippen molar-refractivity contribution in [1.82, 2.24) is 4.98 Å². The van der Waals surface area contributed by atoms with Crippen LogP contribution in [0.25, 0.3) is 0 Å². The molecule has 0 bridgehead atoms. The number of hydrogen-bond acceptors (Lipinski definition) is 4. The molecule has 0 amide bonds. The molecule has 0 saturated heterocycles. The smallest absolute Gasteiger partial charge is 0.239 e. The minimum absolute atomic E-state index is 0.547. The van der Waals surface area contributed by atoms with Gasteiger partial charge in [0.15, 0.2) is 0 Å². The highest BCUT2D eigenvalue weighted by molar-refractivity contribution is 5.54. The van der Waals surface area contributed by atoms with Gasteiger partial charge >= 0.3 is 0 Å². The first-order valence-electron chi connectivity index (χ1n) is 5.87. The van der Waals surface area contributed by atoms with Crippen LogP contribution in [0.3, 0.4) is 0 Å². The van der Waals surface area contributed by atoms with Crippen LogP contribution >= 0.6 is 0 Å². The van der Waals surface area contributed by atoms with Crippen molar-refractivity contribution in [1.29, 1.82) is 0 Å². The number of hydrogen-bond donors (Lipinski definition) is 1. The van der Waals surface area contributed by atoms with Gasteiger partial charge < -0.3 is 15.4 Å².